The van der Waals surface area contributed by atoms with Gasteiger partial charge in [-0.1, -0.05) is 79.9 Å². The van der Waals surface area contributed by atoms with Gasteiger partial charge in [-0.05, 0) is 24.0 Å². The highest BCUT2D eigenvalue weighted by molar-refractivity contribution is 5.16. The first kappa shape index (κ1) is 17.7. The summed E-state index contributed by atoms with van der Waals surface area (Å²) in [6, 6.07) is 20.9. The van der Waals surface area contributed by atoms with Gasteiger partial charge in [-0.25, -0.2) is 0 Å². The van der Waals surface area contributed by atoms with Gasteiger partial charge in [0, 0.05) is 18.8 Å². The van der Waals surface area contributed by atoms with E-state index in [2.05, 4.69) is 48.5 Å². The molecule has 0 amide bonds. The third-order valence-corrected chi connectivity index (χ3v) is 5.40. The van der Waals surface area contributed by atoms with Gasteiger partial charge >= 0.3 is 0 Å². The fraction of sp³-hybridized carbons (Fsp3) is 0.478. The summed E-state index contributed by atoms with van der Waals surface area (Å²) in [5, 5.41) is 0. The summed E-state index contributed by atoms with van der Waals surface area (Å²) in [6.07, 6.45) is 7.17. The van der Waals surface area contributed by atoms with E-state index in [4.69, 9.17) is 14.2 Å². The van der Waals surface area contributed by atoms with Crippen LogP contribution in [0.25, 0.3) is 0 Å². The maximum atomic E-state index is 6.25. The first-order chi connectivity index (χ1) is 12.9. The quantitative estimate of drug-likeness (QED) is 0.750. The lowest BCUT2D eigenvalue weighted by Gasteiger charge is -2.40. The van der Waals surface area contributed by atoms with Crippen molar-refractivity contribution in [3.05, 3.63) is 71.8 Å². The van der Waals surface area contributed by atoms with Crippen molar-refractivity contribution in [3.63, 3.8) is 0 Å². The number of hydrogen-bond donors (Lipinski definition) is 0. The van der Waals surface area contributed by atoms with E-state index in [1.807, 2.05) is 12.1 Å². The molecule has 1 aliphatic heterocycles. The summed E-state index contributed by atoms with van der Waals surface area (Å²) in [6.45, 7) is 0. The normalized spacial score (nSPS) is 27.3. The molecule has 2 aliphatic rings. The third kappa shape index (κ3) is 4.73. The molecule has 26 heavy (non-hydrogen) atoms. The lowest BCUT2D eigenvalue weighted by atomic mass is 9.88. The Morgan fingerprint density at radius 1 is 0.615 bits per heavy atom. The highest BCUT2D eigenvalue weighted by atomic mass is 16.9. The van der Waals surface area contributed by atoms with E-state index in [0.717, 1.165) is 12.8 Å². The second-order valence-electron chi connectivity index (χ2n) is 7.41. The molecule has 0 spiro atoms. The van der Waals surface area contributed by atoms with Crippen molar-refractivity contribution in [2.75, 3.05) is 0 Å². The SMILES string of the molecule is c1ccc(CC2OC(C3CCCCC3)O[C@H](Cc3ccccc3)O2)cc1. The van der Waals surface area contributed by atoms with E-state index in [1.165, 1.54) is 43.2 Å². The molecule has 3 heteroatoms. The largest absolute Gasteiger partial charge is 0.323 e. The van der Waals surface area contributed by atoms with E-state index < -0.39 is 0 Å². The van der Waals surface area contributed by atoms with Crippen molar-refractivity contribution >= 4 is 0 Å². The minimum absolute atomic E-state index is 0.147. The van der Waals surface area contributed by atoms with Crippen LogP contribution in [0.1, 0.15) is 43.2 Å². The molecule has 0 bridgehead atoms. The standard InChI is InChI=1S/C23H28O3/c1-4-10-18(11-5-1)16-21-24-22(17-19-12-6-2-7-13-19)26-23(25-21)20-14-8-3-9-15-20/h1-2,4-7,10-13,20-23H,3,8-9,14-17H2/t21-,22?,23?/m1/s1. The Hall–Kier alpha value is -1.68. The molecule has 0 N–H and O–H groups in total. The van der Waals surface area contributed by atoms with E-state index in [0.29, 0.717) is 5.92 Å². The van der Waals surface area contributed by atoms with Crippen LogP contribution < -0.4 is 0 Å². The monoisotopic (exact) mass is 352 g/mol. The van der Waals surface area contributed by atoms with Crippen LogP contribution in [0.2, 0.25) is 0 Å². The first-order valence-electron chi connectivity index (χ1n) is 9.91. The molecule has 2 fully saturated rings. The minimum Gasteiger partial charge on any atom is -0.323 e. The maximum absolute atomic E-state index is 6.25. The van der Waals surface area contributed by atoms with Crippen LogP contribution >= 0.6 is 0 Å². The van der Waals surface area contributed by atoms with Gasteiger partial charge in [0.15, 0.2) is 18.9 Å². The van der Waals surface area contributed by atoms with Crippen LogP contribution in [0.3, 0.4) is 0 Å². The molecule has 2 aromatic rings. The van der Waals surface area contributed by atoms with Crippen molar-refractivity contribution in [2.24, 2.45) is 5.92 Å². The molecule has 138 valence electrons. The lowest BCUT2D eigenvalue weighted by Crippen LogP contribution is -2.46. The van der Waals surface area contributed by atoms with Crippen molar-refractivity contribution in [1.82, 2.24) is 0 Å². The van der Waals surface area contributed by atoms with Crippen LogP contribution in [0, 0.1) is 5.92 Å². The Kier molecular flexibility index (Phi) is 6.00. The van der Waals surface area contributed by atoms with Gasteiger partial charge in [0.1, 0.15) is 0 Å². The molecule has 3 atom stereocenters. The van der Waals surface area contributed by atoms with E-state index in [1.54, 1.807) is 0 Å². The summed E-state index contributed by atoms with van der Waals surface area (Å²) < 4.78 is 18.7. The molecule has 0 radical (unpaired) electrons. The molecule has 1 saturated carbocycles. The maximum Gasteiger partial charge on any atom is 0.167 e. The minimum atomic E-state index is -0.244. The molecule has 0 aromatic heterocycles. The second-order valence-corrected chi connectivity index (χ2v) is 7.41. The van der Waals surface area contributed by atoms with Gasteiger partial charge in [-0.3, -0.25) is 0 Å². The van der Waals surface area contributed by atoms with Crippen LogP contribution in [0.4, 0.5) is 0 Å². The van der Waals surface area contributed by atoms with Crippen LogP contribution in [-0.2, 0) is 27.1 Å². The molecule has 3 nitrogen and oxygen atoms in total. The third-order valence-electron chi connectivity index (χ3n) is 5.40. The van der Waals surface area contributed by atoms with Gasteiger partial charge in [0.2, 0.25) is 0 Å². The van der Waals surface area contributed by atoms with Gasteiger partial charge in [-0.15, -0.1) is 0 Å². The summed E-state index contributed by atoms with van der Waals surface area (Å²) in [5.74, 6) is 0.490. The average Bonchev–Trinajstić information content (AvgIpc) is 2.70. The molecule has 2 unspecified atom stereocenters. The van der Waals surface area contributed by atoms with Crippen molar-refractivity contribution < 1.29 is 14.2 Å². The molecular weight excluding hydrogens is 324 g/mol. The van der Waals surface area contributed by atoms with Crippen molar-refractivity contribution in [3.8, 4) is 0 Å². The Morgan fingerprint density at radius 3 is 1.62 bits per heavy atom. The van der Waals surface area contributed by atoms with Gasteiger partial charge < -0.3 is 14.2 Å². The van der Waals surface area contributed by atoms with Crippen molar-refractivity contribution in [2.45, 2.75) is 63.8 Å². The lowest BCUT2D eigenvalue weighted by molar-refractivity contribution is -0.394. The Labute approximate surface area is 156 Å². The molecule has 1 saturated heterocycles. The predicted octanol–water partition coefficient (Wildman–Crippen LogP) is 5.09. The van der Waals surface area contributed by atoms with Gasteiger partial charge in [-0.2, -0.15) is 0 Å². The van der Waals surface area contributed by atoms with E-state index >= 15 is 0 Å². The molecular formula is C23H28O3. The molecule has 1 aliphatic carbocycles. The van der Waals surface area contributed by atoms with Gasteiger partial charge in [0.05, 0.1) is 0 Å². The van der Waals surface area contributed by atoms with Crippen LogP contribution in [0.15, 0.2) is 60.7 Å². The number of ether oxygens (including phenoxy) is 3. The highest BCUT2D eigenvalue weighted by Crippen LogP contribution is 2.33. The smallest absolute Gasteiger partial charge is 0.167 e. The Balaban J connectivity index is 1.46. The van der Waals surface area contributed by atoms with Crippen LogP contribution in [0.5, 0.6) is 0 Å². The summed E-state index contributed by atoms with van der Waals surface area (Å²) in [5.41, 5.74) is 2.47. The average molecular weight is 352 g/mol. The topological polar surface area (TPSA) is 27.7 Å². The Bertz CT molecular complexity index is 602. The zero-order chi connectivity index (χ0) is 17.6. The molecule has 2 aromatic carbocycles. The molecule has 4 rings (SSSR count). The second kappa shape index (κ2) is 8.81. The summed E-state index contributed by atoms with van der Waals surface area (Å²) >= 11 is 0. The number of rotatable bonds is 5. The first-order valence-corrected chi connectivity index (χ1v) is 9.91. The van der Waals surface area contributed by atoms with E-state index in [9.17, 15) is 0 Å². The van der Waals surface area contributed by atoms with E-state index in [-0.39, 0.29) is 18.9 Å². The van der Waals surface area contributed by atoms with Gasteiger partial charge in [0.25, 0.3) is 0 Å². The zero-order valence-electron chi connectivity index (χ0n) is 15.3. The fourth-order valence-electron chi connectivity index (χ4n) is 4.00. The summed E-state index contributed by atoms with van der Waals surface area (Å²) in [4.78, 5) is 0. The fourth-order valence-corrected chi connectivity index (χ4v) is 4.00. The Morgan fingerprint density at radius 2 is 1.12 bits per heavy atom. The highest BCUT2D eigenvalue weighted by Gasteiger charge is 2.36. The zero-order valence-corrected chi connectivity index (χ0v) is 15.3. The number of benzene rings is 2. The number of hydrogen-bond acceptors (Lipinski definition) is 3. The molecule has 1 heterocycles. The predicted molar refractivity (Wildman–Crippen MR) is 101 cm³/mol. The van der Waals surface area contributed by atoms with Crippen LogP contribution in [-0.4, -0.2) is 18.9 Å². The summed E-state index contributed by atoms with van der Waals surface area (Å²) in [7, 11) is 0. The van der Waals surface area contributed by atoms with Crippen molar-refractivity contribution in [1.29, 1.82) is 0 Å².